The Morgan fingerprint density at radius 3 is 2.39 bits per heavy atom. The van der Waals surface area contributed by atoms with Crippen LogP contribution in [0.3, 0.4) is 0 Å². The van der Waals surface area contributed by atoms with E-state index in [1.807, 2.05) is 41.0 Å². The van der Waals surface area contributed by atoms with Crippen molar-refractivity contribution in [3.05, 3.63) is 35.5 Å². The Morgan fingerprint density at radius 1 is 1.04 bits per heavy atom. The second kappa shape index (κ2) is 7.78. The fourth-order valence-corrected chi connectivity index (χ4v) is 4.32. The minimum absolute atomic E-state index is 0.00400. The predicted molar refractivity (Wildman–Crippen MR) is 107 cm³/mol. The van der Waals surface area contributed by atoms with Crippen LogP contribution in [0.1, 0.15) is 41.7 Å². The van der Waals surface area contributed by atoms with E-state index in [0.717, 1.165) is 48.0 Å². The summed E-state index contributed by atoms with van der Waals surface area (Å²) in [7, 11) is 1.63. The van der Waals surface area contributed by atoms with Gasteiger partial charge in [0.25, 0.3) is 5.91 Å². The number of aromatic nitrogens is 1. The van der Waals surface area contributed by atoms with Crippen LogP contribution < -0.4 is 4.74 Å². The van der Waals surface area contributed by atoms with E-state index in [0.29, 0.717) is 31.7 Å². The summed E-state index contributed by atoms with van der Waals surface area (Å²) in [5.74, 6) is 1.23. The van der Waals surface area contributed by atoms with Crippen LogP contribution in [0.5, 0.6) is 5.75 Å². The van der Waals surface area contributed by atoms with Crippen LogP contribution in [-0.4, -0.2) is 59.9 Å². The second-order valence-electron chi connectivity index (χ2n) is 7.78. The van der Waals surface area contributed by atoms with Crippen LogP contribution in [0, 0.1) is 12.8 Å². The molecule has 2 amide bonds. The second-order valence-corrected chi connectivity index (χ2v) is 7.78. The summed E-state index contributed by atoms with van der Waals surface area (Å²) in [5.41, 5.74) is 2.17. The standard InChI is InChI=1S/C22H27N3O3/c1-15-19(13-17-7-8-18(28-2)14-20(17)23-15)22(27)25-11-9-24(10-12-25)21(26)16-5-3-4-6-16/h7-8,13-14,16H,3-6,9-12H2,1-2H3. The Morgan fingerprint density at radius 2 is 1.71 bits per heavy atom. The molecule has 1 aromatic carbocycles. The average Bonchev–Trinajstić information content (AvgIpc) is 3.27. The maximum absolute atomic E-state index is 13.1. The lowest BCUT2D eigenvalue weighted by molar-refractivity contribution is -0.136. The van der Waals surface area contributed by atoms with E-state index in [2.05, 4.69) is 4.98 Å². The molecule has 2 aliphatic rings. The van der Waals surface area contributed by atoms with Crippen molar-refractivity contribution < 1.29 is 14.3 Å². The van der Waals surface area contributed by atoms with Gasteiger partial charge in [-0.3, -0.25) is 14.6 Å². The van der Waals surface area contributed by atoms with E-state index in [4.69, 9.17) is 4.74 Å². The fraction of sp³-hybridized carbons (Fsp3) is 0.500. The van der Waals surface area contributed by atoms with Crippen molar-refractivity contribution in [2.75, 3.05) is 33.3 Å². The van der Waals surface area contributed by atoms with Crippen LogP contribution >= 0.6 is 0 Å². The molecule has 1 aliphatic carbocycles. The van der Waals surface area contributed by atoms with Crippen molar-refractivity contribution in [3.8, 4) is 5.75 Å². The Kier molecular flexibility index (Phi) is 5.20. The number of hydrogen-bond donors (Lipinski definition) is 0. The van der Waals surface area contributed by atoms with Crippen molar-refractivity contribution in [2.24, 2.45) is 5.92 Å². The molecule has 0 unspecified atom stereocenters. The first-order valence-corrected chi connectivity index (χ1v) is 10.1. The number of fused-ring (bicyclic) bond motifs is 1. The lowest BCUT2D eigenvalue weighted by Gasteiger charge is -2.36. The zero-order valence-corrected chi connectivity index (χ0v) is 16.6. The number of piperazine rings is 1. The molecule has 1 saturated heterocycles. The van der Waals surface area contributed by atoms with Gasteiger partial charge >= 0.3 is 0 Å². The zero-order valence-electron chi connectivity index (χ0n) is 16.6. The molecule has 2 heterocycles. The summed E-state index contributed by atoms with van der Waals surface area (Å²) < 4.78 is 5.25. The molecule has 1 saturated carbocycles. The highest BCUT2D eigenvalue weighted by atomic mass is 16.5. The molecular weight excluding hydrogens is 354 g/mol. The lowest BCUT2D eigenvalue weighted by atomic mass is 10.1. The molecule has 0 bridgehead atoms. The van der Waals surface area contributed by atoms with Gasteiger partial charge in [0.15, 0.2) is 0 Å². The summed E-state index contributed by atoms with van der Waals surface area (Å²) in [6.45, 7) is 4.28. The topological polar surface area (TPSA) is 62.7 Å². The first-order chi connectivity index (χ1) is 13.6. The largest absolute Gasteiger partial charge is 0.497 e. The van der Waals surface area contributed by atoms with Gasteiger partial charge in [-0.15, -0.1) is 0 Å². The molecular formula is C22H27N3O3. The summed E-state index contributed by atoms with van der Waals surface area (Å²) in [4.78, 5) is 34.1. The van der Waals surface area contributed by atoms with Gasteiger partial charge in [-0.25, -0.2) is 0 Å². The normalized spacial score (nSPS) is 17.9. The molecule has 0 N–H and O–H groups in total. The quantitative estimate of drug-likeness (QED) is 0.820. The van der Waals surface area contributed by atoms with Gasteiger partial charge in [0, 0.05) is 43.5 Å². The van der Waals surface area contributed by atoms with E-state index >= 15 is 0 Å². The summed E-state index contributed by atoms with van der Waals surface area (Å²) in [5, 5.41) is 0.921. The first kappa shape index (κ1) is 18.7. The highest BCUT2D eigenvalue weighted by Crippen LogP contribution is 2.27. The molecule has 0 radical (unpaired) electrons. The molecule has 2 aromatic rings. The number of nitrogens with zero attached hydrogens (tertiary/aromatic N) is 3. The van der Waals surface area contributed by atoms with Crippen LogP contribution in [-0.2, 0) is 4.79 Å². The predicted octanol–water partition coefficient (Wildman–Crippen LogP) is 3.03. The summed E-state index contributed by atoms with van der Waals surface area (Å²) >= 11 is 0. The van der Waals surface area contributed by atoms with Gasteiger partial charge in [-0.2, -0.15) is 0 Å². The van der Waals surface area contributed by atoms with Gasteiger partial charge in [-0.1, -0.05) is 12.8 Å². The van der Waals surface area contributed by atoms with Crippen molar-refractivity contribution in [2.45, 2.75) is 32.6 Å². The van der Waals surface area contributed by atoms with Crippen LogP contribution in [0.2, 0.25) is 0 Å². The van der Waals surface area contributed by atoms with E-state index in [9.17, 15) is 9.59 Å². The third-order valence-electron chi connectivity index (χ3n) is 6.03. The molecule has 6 nitrogen and oxygen atoms in total. The molecule has 2 fully saturated rings. The number of pyridine rings is 1. The maximum atomic E-state index is 13.1. The van der Waals surface area contributed by atoms with E-state index in [1.165, 1.54) is 0 Å². The third kappa shape index (κ3) is 3.55. The summed E-state index contributed by atoms with van der Waals surface area (Å²) in [6, 6.07) is 7.59. The maximum Gasteiger partial charge on any atom is 0.255 e. The Labute approximate surface area is 165 Å². The van der Waals surface area contributed by atoms with Gasteiger partial charge in [0.1, 0.15) is 5.75 Å². The number of benzene rings is 1. The molecule has 6 heteroatoms. The number of carbonyl (C=O) groups excluding carboxylic acids is 2. The van der Waals surface area contributed by atoms with E-state index in [1.54, 1.807) is 7.11 Å². The summed E-state index contributed by atoms with van der Waals surface area (Å²) in [6.07, 6.45) is 4.36. The Balaban J connectivity index is 1.46. The first-order valence-electron chi connectivity index (χ1n) is 10.1. The number of methoxy groups -OCH3 is 1. The molecule has 0 atom stereocenters. The smallest absolute Gasteiger partial charge is 0.255 e. The van der Waals surface area contributed by atoms with Gasteiger partial charge in [-0.05, 0) is 38.0 Å². The van der Waals surface area contributed by atoms with E-state index < -0.39 is 0 Å². The number of aryl methyl sites for hydroxylation is 1. The van der Waals surface area contributed by atoms with Gasteiger partial charge in [0.05, 0.1) is 23.9 Å². The Bertz CT molecular complexity index is 897. The highest BCUT2D eigenvalue weighted by molar-refractivity contribution is 5.99. The average molecular weight is 381 g/mol. The van der Waals surface area contributed by atoms with Crippen LogP contribution in [0.25, 0.3) is 10.9 Å². The molecule has 148 valence electrons. The minimum Gasteiger partial charge on any atom is -0.497 e. The highest BCUT2D eigenvalue weighted by Gasteiger charge is 2.31. The van der Waals surface area contributed by atoms with Crippen molar-refractivity contribution in [3.63, 3.8) is 0 Å². The zero-order chi connectivity index (χ0) is 19.7. The number of ether oxygens (including phenoxy) is 1. The molecule has 1 aliphatic heterocycles. The molecule has 1 aromatic heterocycles. The van der Waals surface area contributed by atoms with Gasteiger partial charge in [0.2, 0.25) is 5.91 Å². The number of hydrogen-bond acceptors (Lipinski definition) is 4. The minimum atomic E-state index is -0.00400. The van der Waals surface area contributed by atoms with E-state index in [-0.39, 0.29) is 17.7 Å². The van der Waals surface area contributed by atoms with Crippen LogP contribution in [0.15, 0.2) is 24.3 Å². The monoisotopic (exact) mass is 381 g/mol. The number of carbonyl (C=O) groups is 2. The van der Waals surface area contributed by atoms with Crippen molar-refractivity contribution in [1.82, 2.24) is 14.8 Å². The Hall–Kier alpha value is -2.63. The molecule has 0 spiro atoms. The van der Waals surface area contributed by atoms with Crippen molar-refractivity contribution in [1.29, 1.82) is 0 Å². The van der Waals surface area contributed by atoms with Crippen molar-refractivity contribution >= 4 is 22.7 Å². The number of rotatable bonds is 3. The fourth-order valence-electron chi connectivity index (χ4n) is 4.32. The van der Waals surface area contributed by atoms with Gasteiger partial charge < -0.3 is 14.5 Å². The SMILES string of the molecule is COc1ccc2cc(C(=O)N3CCN(C(=O)C4CCCC4)CC3)c(C)nc2c1. The third-order valence-corrected chi connectivity index (χ3v) is 6.03. The lowest BCUT2D eigenvalue weighted by Crippen LogP contribution is -2.51. The molecule has 28 heavy (non-hydrogen) atoms. The molecule has 4 rings (SSSR count). The van der Waals surface area contributed by atoms with Crippen LogP contribution in [0.4, 0.5) is 0 Å². The number of amides is 2.